The summed E-state index contributed by atoms with van der Waals surface area (Å²) in [7, 11) is 1.61. The smallest absolute Gasteiger partial charge is 0.130 e. The van der Waals surface area contributed by atoms with Gasteiger partial charge in [0.05, 0.1) is 12.7 Å². The minimum atomic E-state index is -0.209. The minimum absolute atomic E-state index is 0.166. The maximum atomic E-state index is 10.6. The highest BCUT2D eigenvalue weighted by Gasteiger charge is 2.14. The van der Waals surface area contributed by atoms with E-state index >= 15 is 0 Å². The van der Waals surface area contributed by atoms with Crippen LogP contribution in [0.25, 0.3) is 5.70 Å². The van der Waals surface area contributed by atoms with E-state index in [1.807, 2.05) is 75.4 Å². The van der Waals surface area contributed by atoms with Gasteiger partial charge in [0.25, 0.3) is 0 Å². The van der Waals surface area contributed by atoms with Gasteiger partial charge in [0, 0.05) is 42.1 Å². The van der Waals surface area contributed by atoms with Gasteiger partial charge < -0.3 is 19.9 Å². The van der Waals surface area contributed by atoms with Crippen molar-refractivity contribution in [3.63, 3.8) is 0 Å². The van der Waals surface area contributed by atoms with Crippen molar-refractivity contribution in [1.82, 2.24) is 0 Å². The van der Waals surface area contributed by atoms with Crippen LogP contribution in [0.2, 0.25) is 0 Å². The zero-order valence-electron chi connectivity index (χ0n) is 19.2. The van der Waals surface area contributed by atoms with Crippen molar-refractivity contribution in [2.24, 2.45) is 0 Å². The number of aromatic hydroxyl groups is 1. The van der Waals surface area contributed by atoms with Crippen molar-refractivity contribution in [2.45, 2.75) is 33.3 Å². The average Bonchev–Trinajstić information content (AvgIpc) is 2.78. The molecule has 4 nitrogen and oxygen atoms in total. The third-order valence-electron chi connectivity index (χ3n) is 4.63. The molecule has 0 heterocycles. The van der Waals surface area contributed by atoms with Crippen LogP contribution in [0.5, 0.6) is 11.5 Å². The Kier molecular flexibility index (Phi) is 11.6. The van der Waals surface area contributed by atoms with Gasteiger partial charge >= 0.3 is 0 Å². The largest absolute Gasteiger partial charge is 0.507 e. The molecule has 4 heteroatoms. The molecule has 0 radical (unpaired) electrons. The average molecular weight is 422 g/mol. The van der Waals surface area contributed by atoms with Crippen molar-refractivity contribution in [1.29, 1.82) is 0 Å². The van der Waals surface area contributed by atoms with Crippen LogP contribution in [0, 0.1) is 0 Å². The number of para-hydroxylation sites is 1. The Morgan fingerprint density at radius 1 is 1.13 bits per heavy atom. The second-order valence-corrected chi connectivity index (χ2v) is 6.88. The number of nitrogens with one attached hydrogen (secondary N) is 1. The van der Waals surface area contributed by atoms with Crippen molar-refractivity contribution in [2.75, 3.05) is 19.0 Å². The first-order chi connectivity index (χ1) is 14.9. The van der Waals surface area contributed by atoms with Crippen molar-refractivity contribution in [3.8, 4) is 11.5 Å². The predicted molar refractivity (Wildman–Crippen MR) is 133 cm³/mol. The Morgan fingerprint density at radius 3 is 2.42 bits per heavy atom. The number of phenols is 1. The lowest BCUT2D eigenvalue weighted by molar-refractivity contribution is 0.117. The van der Waals surface area contributed by atoms with Crippen LogP contribution in [0.3, 0.4) is 0 Å². The van der Waals surface area contributed by atoms with Crippen LogP contribution in [-0.4, -0.2) is 18.8 Å². The number of hydrogen-bond acceptors (Lipinski definition) is 4. The fraction of sp³-hybridized carbons (Fsp3) is 0.259. The Hall–Kier alpha value is -3.24. The molecule has 31 heavy (non-hydrogen) atoms. The first-order valence-corrected chi connectivity index (χ1v) is 10.3. The van der Waals surface area contributed by atoms with E-state index in [4.69, 9.17) is 9.47 Å². The highest BCUT2D eigenvalue weighted by Crippen LogP contribution is 2.33. The van der Waals surface area contributed by atoms with Crippen molar-refractivity contribution < 1.29 is 14.6 Å². The molecule has 0 aliphatic rings. The number of anilines is 1. The first kappa shape index (κ1) is 25.8. The van der Waals surface area contributed by atoms with Crippen LogP contribution in [0.1, 0.15) is 44.4 Å². The summed E-state index contributed by atoms with van der Waals surface area (Å²) in [5, 5.41) is 13.8. The standard InChI is InChI=1S/C23H27NO3.C4H8/c1-6-16(2)13-14-27-20-10-7-9-19(15-20)24-17(3)21-11-8-12-22(23(21)25)18(4)26-5;1-3-4-2/h6-12,15,18,24-25H,1-3,13-14H2,4-5H3;3-4H,1-2H3/b;4-3-. The van der Waals surface area contributed by atoms with Crippen LogP contribution in [-0.2, 0) is 4.74 Å². The number of hydrogen-bond donors (Lipinski definition) is 2. The van der Waals surface area contributed by atoms with Crippen molar-refractivity contribution in [3.05, 3.63) is 97.1 Å². The van der Waals surface area contributed by atoms with Gasteiger partial charge in [-0.15, -0.1) is 0 Å². The summed E-state index contributed by atoms with van der Waals surface area (Å²) >= 11 is 0. The summed E-state index contributed by atoms with van der Waals surface area (Å²) < 4.78 is 11.1. The molecule has 0 aliphatic carbocycles. The molecule has 0 saturated heterocycles. The van der Waals surface area contributed by atoms with Gasteiger partial charge in [-0.25, -0.2) is 0 Å². The third-order valence-corrected chi connectivity index (χ3v) is 4.63. The highest BCUT2D eigenvalue weighted by molar-refractivity contribution is 5.79. The summed E-state index contributed by atoms with van der Waals surface area (Å²) in [6.07, 6.45) is 6.25. The maximum absolute atomic E-state index is 10.6. The lowest BCUT2D eigenvalue weighted by atomic mass is 10.0. The second kappa shape index (κ2) is 13.9. The summed E-state index contributed by atoms with van der Waals surface area (Å²) in [6, 6.07) is 13.1. The lowest BCUT2D eigenvalue weighted by Gasteiger charge is -2.17. The van der Waals surface area contributed by atoms with E-state index in [-0.39, 0.29) is 11.9 Å². The molecule has 2 N–H and O–H groups in total. The number of phenolic OH excluding ortho intramolecular Hbond substituents is 1. The monoisotopic (exact) mass is 421 g/mol. The van der Waals surface area contributed by atoms with E-state index in [0.29, 0.717) is 17.9 Å². The number of methoxy groups -OCH3 is 1. The SMILES string of the molecule is C/C=C\C.C=CC(=C)CCOc1cccc(NC(=C)c2cccc(C(C)OC)c2O)c1. The van der Waals surface area contributed by atoms with Crippen LogP contribution in [0.15, 0.2) is 86.0 Å². The number of benzene rings is 2. The maximum Gasteiger partial charge on any atom is 0.130 e. The van der Waals surface area contributed by atoms with Gasteiger partial charge in [-0.1, -0.05) is 61.7 Å². The molecule has 2 aromatic rings. The second-order valence-electron chi connectivity index (χ2n) is 6.88. The van der Waals surface area contributed by atoms with Gasteiger partial charge in [0.1, 0.15) is 11.5 Å². The van der Waals surface area contributed by atoms with Gasteiger partial charge in [-0.05, 0) is 39.0 Å². The Morgan fingerprint density at radius 2 is 1.81 bits per heavy atom. The van der Waals surface area contributed by atoms with E-state index < -0.39 is 0 Å². The Bertz CT molecular complexity index is 895. The molecule has 0 spiro atoms. The lowest BCUT2D eigenvalue weighted by Crippen LogP contribution is -2.02. The third kappa shape index (κ3) is 8.57. The molecule has 0 amide bonds. The van der Waals surface area contributed by atoms with Crippen LogP contribution < -0.4 is 10.1 Å². The van der Waals surface area contributed by atoms with E-state index in [9.17, 15) is 5.11 Å². The minimum Gasteiger partial charge on any atom is -0.507 e. The number of rotatable bonds is 10. The molecular formula is C27H35NO3. The molecule has 0 aliphatic heterocycles. The van der Waals surface area contributed by atoms with Gasteiger partial charge in [-0.2, -0.15) is 0 Å². The van der Waals surface area contributed by atoms with Gasteiger partial charge in [0.15, 0.2) is 0 Å². The van der Waals surface area contributed by atoms with Crippen molar-refractivity contribution >= 4 is 11.4 Å². The highest BCUT2D eigenvalue weighted by atomic mass is 16.5. The fourth-order valence-corrected chi connectivity index (χ4v) is 2.57. The molecule has 166 valence electrons. The van der Waals surface area contributed by atoms with Gasteiger partial charge in [-0.3, -0.25) is 0 Å². The molecule has 2 aromatic carbocycles. The van der Waals surface area contributed by atoms with E-state index in [1.165, 1.54) is 0 Å². The topological polar surface area (TPSA) is 50.7 Å². The van der Waals surface area contributed by atoms with Crippen LogP contribution >= 0.6 is 0 Å². The molecule has 0 fully saturated rings. The molecule has 0 bridgehead atoms. The number of allylic oxidation sites excluding steroid dienone is 3. The summed E-state index contributed by atoms with van der Waals surface area (Å²) in [5.74, 6) is 0.912. The van der Waals surface area contributed by atoms with Gasteiger partial charge in [0.2, 0.25) is 0 Å². The van der Waals surface area contributed by atoms with Crippen LogP contribution in [0.4, 0.5) is 5.69 Å². The fourth-order valence-electron chi connectivity index (χ4n) is 2.57. The first-order valence-electron chi connectivity index (χ1n) is 10.3. The molecule has 0 aromatic heterocycles. The predicted octanol–water partition coefficient (Wildman–Crippen LogP) is 7.28. The summed E-state index contributed by atoms with van der Waals surface area (Å²) in [4.78, 5) is 0. The number of ether oxygens (including phenoxy) is 2. The normalized spacial score (nSPS) is 11.2. The zero-order valence-corrected chi connectivity index (χ0v) is 19.2. The molecule has 0 saturated carbocycles. The quantitative estimate of drug-likeness (QED) is 0.313. The van der Waals surface area contributed by atoms with E-state index in [1.54, 1.807) is 13.2 Å². The molecule has 1 unspecified atom stereocenters. The van der Waals surface area contributed by atoms with E-state index in [2.05, 4.69) is 25.1 Å². The van der Waals surface area contributed by atoms with E-state index in [0.717, 1.165) is 29.0 Å². The summed E-state index contributed by atoms with van der Waals surface area (Å²) in [5.41, 5.74) is 3.71. The Balaban J connectivity index is 0.00000110. The molecule has 2 rings (SSSR count). The molecular weight excluding hydrogens is 386 g/mol. The zero-order chi connectivity index (χ0) is 23.2. The summed E-state index contributed by atoms with van der Waals surface area (Å²) in [6.45, 7) is 18.0. The molecule has 1 atom stereocenters. The Labute approximate surface area is 187 Å².